The Morgan fingerprint density at radius 1 is 1.50 bits per heavy atom. The zero-order chi connectivity index (χ0) is 8.65. The lowest BCUT2D eigenvalue weighted by molar-refractivity contribution is 0.720. The second-order valence-electron chi connectivity index (χ2n) is 2.49. The predicted molar refractivity (Wildman–Crippen MR) is 50.0 cm³/mol. The maximum Gasteiger partial charge on any atom is 0.0416 e. The van der Waals surface area contributed by atoms with E-state index in [1.54, 1.807) is 6.08 Å². The summed E-state index contributed by atoms with van der Waals surface area (Å²) in [5.74, 6) is 0. The summed E-state index contributed by atoms with van der Waals surface area (Å²) < 4.78 is 0. The van der Waals surface area contributed by atoms with Crippen molar-refractivity contribution in [2.75, 3.05) is 13.1 Å². The SMILES string of the molecule is C=CC[N]CCc1ccccn1. The molecule has 63 valence electrons. The fraction of sp³-hybridized carbons (Fsp3) is 0.300. The Balaban J connectivity index is 2.20. The summed E-state index contributed by atoms with van der Waals surface area (Å²) in [5.41, 5.74) is 1.10. The molecule has 0 unspecified atom stereocenters. The maximum absolute atomic E-state index is 4.23. The Morgan fingerprint density at radius 2 is 2.42 bits per heavy atom. The van der Waals surface area contributed by atoms with E-state index < -0.39 is 0 Å². The fourth-order valence-corrected chi connectivity index (χ4v) is 0.922. The van der Waals surface area contributed by atoms with Crippen molar-refractivity contribution in [1.29, 1.82) is 0 Å². The van der Waals surface area contributed by atoms with E-state index in [2.05, 4.69) is 16.9 Å². The topological polar surface area (TPSA) is 27.0 Å². The maximum atomic E-state index is 4.23. The second kappa shape index (κ2) is 5.49. The summed E-state index contributed by atoms with van der Waals surface area (Å²) in [7, 11) is 0. The van der Waals surface area contributed by atoms with Gasteiger partial charge in [-0.2, -0.15) is 0 Å². The van der Waals surface area contributed by atoms with Gasteiger partial charge in [-0.3, -0.25) is 4.98 Å². The minimum Gasteiger partial charge on any atom is -0.261 e. The first-order chi connectivity index (χ1) is 5.93. The van der Waals surface area contributed by atoms with Gasteiger partial charge in [-0.25, -0.2) is 5.32 Å². The van der Waals surface area contributed by atoms with E-state index in [4.69, 9.17) is 0 Å². The van der Waals surface area contributed by atoms with E-state index >= 15 is 0 Å². The Hall–Kier alpha value is -1.15. The summed E-state index contributed by atoms with van der Waals surface area (Å²) in [5, 5.41) is 4.23. The van der Waals surface area contributed by atoms with Crippen LogP contribution >= 0.6 is 0 Å². The first kappa shape index (κ1) is 8.94. The average Bonchev–Trinajstić information content (AvgIpc) is 2.14. The van der Waals surface area contributed by atoms with Crippen molar-refractivity contribution in [2.45, 2.75) is 6.42 Å². The molecule has 0 saturated heterocycles. The molecule has 1 rings (SSSR count). The number of hydrogen-bond donors (Lipinski definition) is 0. The van der Waals surface area contributed by atoms with Crippen LogP contribution < -0.4 is 5.32 Å². The highest BCUT2D eigenvalue weighted by Gasteiger charge is 1.91. The molecule has 1 aromatic rings. The van der Waals surface area contributed by atoms with Gasteiger partial charge in [0.1, 0.15) is 0 Å². The van der Waals surface area contributed by atoms with Gasteiger partial charge in [0.05, 0.1) is 0 Å². The van der Waals surface area contributed by atoms with Crippen LogP contribution in [0.5, 0.6) is 0 Å². The van der Waals surface area contributed by atoms with Crippen molar-refractivity contribution in [2.24, 2.45) is 0 Å². The van der Waals surface area contributed by atoms with Gasteiger partial charge in [0.15, 0.2) is 0 Å². The lowest BCUT2D eigenvalue weighted by Gasteiger charge is -1.98. The molecular weight excluding hydrogens is 148 g/mol. The number of pyridine rings is 1. The van der Waals surface area contributed by atoms with E-state index in [9.17, 15) is 0 Å². The molecule has 1 radical (unpaired) electrons. The molecule has 0 aliphatic rings. The second-order valence-corrected chi connectivity index (χ2v) is 2.49. The first-order valence-corrected chi connectivity index (χ1v) is 4.07. The van der Waals surface area contributed by atoms with Crippen LogP contribution in [0.25, 0.3) is 0 Å². The van der Waals surface area contributed by atoms with Crippen LogP contribution in [-0.4, -0.2) is 18.1 Å². The Morgan fingerprint density at radius 3 is 3.08 bits per heavy atom. The van der Waals surface area contributed by atoms with Crippen molar-refractivity contribution in [3.63, 3.8) is 0 Å². The largest absolute Gasteiger partial charge is 0.261 e. The molecule has 1 heterocycles. The van der Waals surface area contributed by atoms with Gasteiger partial charge in [-0.05, 0) is 12.1 Å². The molecule has 0 amide bonds. The summed E-state index contributed by atoms with van der Waals surface area (Å²) in [4.78, 5) is 4.19. The summed E-state index contributed by atoms with van der Waals surface area (Å²) >= 11 is 0. The van der Waals surface area contributed by atoms with Gasteiger partial charge in [0.2, 0.25) is 0 Å². The minimum absolute atomic E-state index is 0.743. The van der Waals surface area contributed by atoms with Gasteiger partial charge in [0.25, 0.3) is 0 Å². The molecule has 0 fully saturated rings. The van der Waals surface area contributed by atoms with Crippen molar-refractivity contribution >= 4 is 0 Å². The molecule has 0 aliphatic heterocycles. The van der Waals surface area contributed by atoms with Gasteiger partial charge in [-0.1, -0.05) is 12.1 Å². The molecule has 0 spiro atoms. The molecule has 0 bridgehead atoms. The lowest BCUT2D eigenvalue weighted by Crippen LogP contribution is -2.09. The van der Waals surface area contributed by atoms with Crippen LogP contribution in [0.1, 0.15) is 5.69 Å². The highest BCUT2D eigenvalue weighted by atomic mass is 14.8. The van der Waals surface area contributed by atoms with Gasteiger partial charge in [0, 0.05) is 31.4 Å². The normalized spacial score (nSPS) is 9.67. The zero-order valence-corrected chi connectivity index (χ0v) is 7.11. The summed E-state index contributed by atoms with van der Waals surface area (Å²) in [6.45, 7) is 5.18. The van der Waals surface area contributed by atoms with Crippen LogP contribution in [0.2, 0.25) is 0 Å². The van der Waals surface area contributed by atoms with Crippen molar-refractivity contribution in [1.82, 2.24) is 10.3 Å². The van der Waals surface area contributed by atoms with Gasteiger partial charge >= 0.3 is 0 Å². The third kappa shape index (κ3) is 3.30. The standard InChI is InChI=1S/C10H13N2/c1-2-7-11-9-6-10-5-3-4-8-12-10/h2-5,8H,1,6-7,9H2. The van der Waals surface area contributed by atoms with E-state index in [0.717, 1.165) is 25.2 Å². The van der Waals surface area contributed by atoms with Crippen molar-refractivity contribution < 1.29 is 0 Å². The predicted octanol–water partition coefficient (Wildman–Crippen LogP) is 1.41. The Labute approximate surface area is 73.3 Å². The highest BCUT2D eigenvalue weighted by Crippen LogP contribution is 1.92. The van der Waals surface area contributed by atoms with Crippen molar-refractivity contribution in [3.05, 3.63) is 42.7 Å². The molecule has 12 heavy (non-hydrogen) atoms. The zero-order valence-electron chi connectivity index (χ0n) is 7.11. The molecule has 2 nitrogen and oxygen atoms in total. The quantitative estimate of drug-likeness (QED) is 0.474. The third-order valence-corrected chi connectivity index (χ3v) is 1.51. The minimum atomic E-state index is 0.743. The third-order valence-electron chi connectivity index (χ3n) is 1.51. The summed E-state index contributed by atoms with van der Waals surface area (Å²) in [6, 6.07) is 5.93. The monoisotopic (exact) mass is 161 g/mol. The molecule has 0 saturated carbocycles. The fourth-order valence-electron chi connectivity index (χ4n) is 0.922. The number of hydrogen-bond acceptors (Lipinski definition) is 1. The molecule has 0 atom stereocenters. The molecule has 0 aliphatic carbocycles. The first-order valence-electron chi connectivity index (χ1n) is 4.07. The van der Waals surface area contributed by atoms with E-state index in [1.807, 2.05) is 24.4 Å². The van der Waals surface area contributed by atoms with Gasteiger partial charge in [-0.15, -0.1) is 6.58 Å². The van der Waals surface area contributed by atoms with Crippen LogP contribution in [0.15, 0.2) is 37.1 Å². The molecule has 1 aromatic heterocycles. The molecule has 0 N–H and O–H groups in total. The van der Waals surface area contributed by atoms with E-state index in [-0.39, 0.29) is 0 Å². The smallest absolute Gasteiger partial charge is 0.0416 e. The van der Waals surface area contributed by atoms with Crippen LogP contribution in [0, 0.1) is 0 Å². The van der Waals surface area contributed by atoms with Crippen LogP contribution in [0.4, 0.5) is 0 Å². The highest BCUT2D eigenvalue weighted by molar-refractivity contribution is 5.03. The molecule has 0 aromatic carbocycles. The Kier molecular flexibility index (Phi) is 4.09. The number of nitrogens with zero attached hydrogens (tertiary/aromatic N) is 2. The lowest BCUT2D eigenvalue weighted by atomic mass is 10.3. The number of rotatable bonds is 5. The summed E-state index contributed by atoms with van der Waals surface area (Å²) in [6.07, 6.45) is 4.54. The van der Waals surface area contributed by atoms with E-state index in [1.165, 1.54) is 0 Å². The Bertz CT molecular complexity index is 219. The molecular formula is C10H13N2. The van der Waals surface area contributed by atoms with Gasteiger partial charge < -0.3 is 0 Å². The van der Waals surface area contributed by atoms with Crippen LogP contribution in [-0.2, 0) is 6.42 Å². The molecule has 2 heteroatoms. The van der Waals surface area contributed by atoms with E-state index in [0.29, 0.717) is 0 Å². The average molecular weight is 161 g/mol. The number of aromatic nitrogens is 1. The van der Waals surface area contributed by atoms with Crippen molar-refractivity contribution in [3.8, 4) is 0 Å². The van der Waals surface area contributed by atoms with Crippen LogP contribution in [0.3, 0.4) is 0 Å².